The Balaban J connectivity index is 1.35. The van der Waals surface area contributed by atoms with Crippen LogP contribution in [0.1, 0.15) is 45.1 Å². The molecule has 214 valence electrons. The Morgan fingerprint density at radius 3 is 1.97 bits per heavy atom. The standard InChI is InChI=1S/C28H34ClF3N2O4S/c1-19(2)39(37,38)25-9-8-23(18-24(25)29)33-14-10-20(11-15-33)21-12-16-34(17-13-21)26(35)27(36,28(30,31)32)22-6-4-3-5-7-22/h3-9,18-21,36H,10-17H2,1-2H3. The largest absolute Gasteiger partial charge is 0.430 e. The molecule has 0 aliphatic carbocycles. The molecular formula is C28H34ClF3N2O4S. The van der Waals surface area contributed by atoms with Gasteiger partial charge in [0.1, 0.15) is 0 Å². The molecule has 2 heterocycles. The molecule has 6 nitrogen and oxygen atoms in total. The van der Waals surface area contributed by atoms with Gasteiger partial charge in [-0.15, -0.1) is 0 Å². The first kappa shape index (κ1) is 29.7. The van der Waals surface area contributed by atoms with Crippen LogP contribution < -0.4 is 4.90 Å². The van der Waals surface area contributed by atoms with Crippen molar-refractivity contribution in [1.82, 2.24) is 4.90 Å². The number of rotatable bonds is 6. The number of halogens is 4. The first-order chi connectivity index (χ1) is 18.3. The van der Waals surface area contributed by atoms with Crippen LogP contribution in [0, 0.1) is 11.8 Å². The predicted octanol–water partition coefficient (Wildman–Crippen LogP) is 5.43. The van der Waals surface area contributed by atoms with Crippen LogP contribution in [0.2, 0.25) is 5.02 Å². The van der Waals surface area contributed by atoms with Gasteiger partial charge in [0, 0.05) is 37.4 Å². The van der Waals surface area contributed by atoms with Crippen LogP contribution in [0.4, 0.5) is 18.9 Å². The summed E-state index contributed by atoms with van der Waals surface area (Å²) < 4.78 is 66.8. The second-order valence-corrected chi connectivity index (χ2v) is 13.6. The molecule has 39 heavy (non-hydrogen) atoms. The lowest BCUT2D eigenvalue weighted by Crippen LogP contribution is -2.57. The fraction of sp³-hybridized carbons (Fsp3) is 0.536. The molecule has 2 aromatic rings. The summed E-state index contributed by atoms with van der Waals surface area (Å²) in [6.07, 6.45) is -2.24. The van der Waals surface area contributed by atoms with Crippen molar-refractivity contribution in [2.75, 3.05) is 31.1 Å². The van der Waals surface area contributed by atoms with Crippen molar-refractivity contribution in [3.8, 4) is 0 Å². The van der Waals surface area contributed by atoms with E-state index in [0.29, 0.717) is 18.8 Å². The average molecular weight is 587 g/mol. The molecular weight excluding hydrogens is 553 g/mol. The number of carbonyl (C=O) groups is 1. The van der Waals surface area contributed by atoms with Crippen molar-refractivity contribution < 1.29 is 31.5 Å². The molecule has 2 aliphatic rings. The minimum Gasteiger partial charge on any atom is -0.371 e. The number of hydrogen-bond donors (Lipinski definition) is 1. The van der Waals surface area contributed by atoms with Gasteiger partial charge in [-0.05, 0) is 69.6 Å². The van der Waals surface area contributed by atoms with Crippen LogP contribution in [0.15, 0.2) is 53.4 Å². The number of piperidine rings is 2. The highest BCUT2D eigenvalue weighted by atomic mass is 35.5. The monoisotopic (exact) mass is 586 g/mol. The Labute approximate surface area is 232 Å². The van der Waals surface area contributed by atoms with Gasteiger partial charge in [-0.25, -0.2) is 8.42 Å². The first-order valence-corrected chi connectivity index (χ1v) is 15.1. The molecule has 2 aliphatic heterocycles. The SMILES string of the molecule is CC(C)S(=O)(=O)c1ccc(N2CCC(C3CCN(C(=O)C(O)(c4ccccc4)C(F)(F)F)CC3)CC2)cc1Cl. The number of benzene rings is 2. The van der Waals surface area contributed by atoms with Gasteiger partial charge in [-0.1, -0.05) is 41.9 Å². The minimum absolute atomic E-state index is 0.129. The molecule has 1 amide bonds. The van der Waals surface area contributed by atoms with E-state index < -0.39 is 38.3 Å². The van der Waals surface area contributed by atoms with Gasteiger partial charge >= 0.3 is 6.18 Å². The topological polar surface area (TPSA) is 77.9 Å². The number of alkyl halides is 3. The Bertz CT molecular complexity index is 1270. The third-order valence-electron chi connectivity index (χ3n) is 8.15. The number of amides is 1. The van der Waals surface area contributed by atoms with Crippen molar-refractivity contribution in [3.63, 3.8) is 0 Å². The third kappa shape index (κ3) is 5.79. The van der Waals surface area contributed by atoms with Gasteiger partial charge in [-0.3, -0.25) is 4.79 Å². The van der Waals surface area contributed by atoms with E-state index in [0.717, 1.165) is 48.7 Å². The van der Waals surface area contributed by atoms with E-state index in [1.807, 2.05) is 0 Å². The van der Waals surface area contributed by atoms with Crippen LogP contribution in [-0.4, -0.2) is 61.9 Å². The maximum absolute atomic E-state index is 13.9. The van der Waals surface area contributed by atoms with Gasteiger partial charge in [0.2, 0.25) is 0 Å². The smallest absolute Gasteiger partial charge is 0.371 e. The van der Waals surface area contributed by atoms with E-state index in [4.69, 9.17) is 11.6 Å². The summed E-state index contributed by atoms with van der Waals surface area (Å²) in [4.78, 5) is 16.4. The molecule has 0 spiro atoms. The number of likely N-dealkylation sites (tertiary alicyclic amines) is 1. The molecule has 2 aromatic carbocycles. The summed E-state index contributed by atoms with van der Waals surface area (Å²) in [6.45, 7) is 5.05. The number of sulfone groups is 1. The van der Waals surface area contributed by atoms with E-state index in [1.54, 1.807) is 32.0 Å². The van der Waals surface area contributed by atoms with Crippen molar-refractivity contribution in [2.45, 2.75) is 61.5 Å². The van der Waals surface area contributed by atoms with E-state index in [1.165, 1.54) is 18.2 Å². The quantitative estimate of drug-likeness (QED) is 0.489. The Kier molecular flexibility index (Phi) is 8.59. The first-order valence-electron chi connectivity index (χ1n) is 13.2. The average Bonchev–Trinajstić information content (AvgIpc) is 2.92. The lowest BCUT2D eigenvalue weighted by atomic mass is 9.78. The van der Waals surface area contributed by atoms with Crippen LogP contribution in [0.3, 0.4) is 0 Å². The molecule has 1 N–H and O–H groups in total. The van der Waals surface area contributed by atoms with Gasteiger partial charge in [0.15, 0.2) is 9.84 Å². The summed E-state index contributed by atoms with van der Waals surface area (Å²) in [7, 11) is -3.48. The molecule has 4 rings (SSSR count). The predicted molar refractivity (Wildman–Crippen MR) is 144 cm³/mol. The number of hydrogen-bond acceptors (Lipinski definition) is 5. The summed E-state index contributed by atoms with van der Waals surface area (Å²) >= 11 is 6.34. The summed E-state index contributed by atoms with van der Waals surface area (Å²) in [5.41, 5.74) is -3.20. The van der Waals surface area contributed by atoms with Gasteiger partial charge in [0.05, 0.1) is 15.2 Å². The van der Waals surface area contributed by atoms with Gasteiger partial charge < -0.3 is 14.9 Å². The number of nitrogens with zero attached hydrogens (tertiary/aromatic N) is 2. The van der Waals surface area contributed by atoms with Gasteiger partial charge in [-0.2, -0.15) is 13.2 Å². The fourth-order valence-electron chi connectivity index (χ4n) is 5.69. The third-order valence-corrected chi connectivity index (χ3v) is 10.8. The molecule has 0 saturated carbocycles. The molecule has 0 bridgehead atoms. The maximum Gasteiger partial charge on any atom is 0.430 e. The van der Waals surface area contributed by atoms with E-state index in [9.17, 15) is 31.5 Å². The van der Waals surface area contributed by atoms with Crippen LogP contribution >= 0.6 is 11.6 Å². The Hall–Kier alpha value is -2.30. The van der Waals surface area contributed by atoms with Crippen LogP contribution in [-0.2, 0) is 20.2 Å². The van der Waals surface area contributed by atoms with E-state index in [-0.39, 0.29) is 28.9 Å². The van der Waals surface area contributed by atoms with Crippen LogP contribution in [0.5, 0.6) is 0 Å². The van der Waals surface area contributed by atoms with Crippen molar-refractivity contribution >= 4 is 33.0 Å². The molecule has 1 atom stereocenters. The zero-order valence-corrected chi connectivity index (χ0v) is 23.6. The summed E-state index contributed by atoms with van der Waals surface area (Å²) in [5, 5.41) is 10.3. The lowest BCUT2D eigenvalue weighted by molar-refractivity contribution is -0.262. The Morgan fingerprint density at radius 2 is 1.49 bits per heavy atom. The minimum atomic E-state index is -5.14. The van der Waals surface area contributed by atoms with Crippen molar-refractivity contribution in [2.24, 2.45) is 11.8 Å². The lowest BCUT2D eigenvalue weighted by Gasteiger charge is -2.42. The molecule has 2 fully saturated rings. The van der Waals surface area contributed by atoms with Crippen molar-refractivity contribution in [1.29, 1.82) is 0 Å². The normalized spacial score (nSPS) is 19.8. The van der Waals surface area contributed by atoms with Crippen LogP contribution in [0.25, 0.3) is 0 Å². The molecule has 2 saturated heterocycles. The van der Waals surface area contributed by atoms with Gasteiger partial charge in [0.25, 0.3) is 11.5 Å². The summed E-state index contributed by atoms with van der Waals surface area (Å²) in [5.74, 6) is -0.687. The Morgan fingerprint density at radius 1 is 0.949 bits per heavy atom. The summed E-state index contributed by atoms with van der Waals surface area (Å²) in [6, 6.07) is 11.5. The second kappa shape index (κ2) is 11.3. The highest BCUT2D eigenvalue weighted by Crippen LogP contribution is 2.42. The maximum atomic E-state index is 13.9. The molecule has 1 unspecified atom stereocenters. The highest BCUT2D eigenvalue weighted by Gasteiger charge is 2.62. The zero-order valence-electron chi connectivity index (χ0n) is 22.0. The van der Waals surface area contributed by atoms with E-state index >= 15 is 0 Å². The molecule has 0 radical (unpaired) electrons. The number of anilines is 1. The molecule has 11 heteroatoms. The highest BCUT2D eigenvalue weighted by molar-refractivity contribution is 7.92. The number of aliphatic hydroxyl groups is 1. The van der Waals surface area contributed by atoms with E-state index in [2.05, 4.69) is 4.90 Å². The fourth-order valence-corrected chi connectivity index (χ4v) is 7.28. The van der Waals surface area contributed by atoms with Crippen molar-refractivity contribution in [3.05, 3.63) is 59.1 Å². The molecule has 0 aromatic heterocycles. The zero-order chi connectivity index (χ0) is 28.6. The number of carbonyl (C=O) groups excluding carboxylic acids is 1. The second-order valence-electron chi connectivity index (χ2n) is 10.7.